The van der Waals surface area contributed by atoms with Crippen LogP contribution in [-0.2, 0) is 4.79 Å². The molecule has 1 aromatic carbocycles. The number of ether oxygens (including phenoxy) is 1. The molecule has 0 radical (unpaired) electrons. The number of benzene rings is 1. The van der Waals surface area contributed by atoms with Crippen LogP contribution in [0.2, 0.25) is 0 Å². The van der Waals surface area contributed by atoms with Gasteiger partial charge in [0.2, 0.25) is 0 Å². The molecule has 2 N–H and O–H groups in total. The van der Waals surface area contributed by atoms with Gasteiger partial charge in [0.1, 0.15) is 5.75 Å². The van der Waals surface area contributed by atoms with Gasteiger partial charge in [-0.05, 0) is 43.2 Å². The second-order valence-electron chi connectivity index (χ2n) is 7.14. The summed E-state index contributed by atoms with van der Waals surface area (Å²) in [4.78, 5) is 26.0. The van der Waals surface area contributed by atoms with Gasteiger partial charge in [-0.15, -0.1) is 0 Å². The van der Waals surface area contributed by atoms with Gasteiger partial charge in [0.15, 0.2) is 6.61 Å². The number of carbonyl (C=O) groups is 2. The number of piperidine rings is 1. The van der Waals surface area contributed by atoms with Crippen LogP contribution in [0.25, 0.3) is 0 Å². The van der Waals surface area contributed by atoms with E-state index >= 15 is 0 Å². The van der Waals surface area contributed by atoms with Crippen LogP contribution in [-0.4, -0.2) is 36.4 Å². The third-order valence-corrected chi connectivity index (χ3v) is 5.35. The number of para-hydroxylation sites is 1. The summed E-state index contributed by atoms with van der Waals surface area (Å²) in [6, 6.07) is 7.11. The Labute approximate surface area is 143 Å². The first-order valence-corrected chi connectivity index (χ1v) is 8.89. The highest BCUT2D eigenvalue weighted by Crippen LogP contribution is 2.43. The molecule has 1 aromatic rings. The zero-order valence-electron chi connectivity index (χ0n) is 14.1. The van der Waals surface area contributed by atoms with Crippen LogP contribution in [0, 0.1) is 5.41 Å². The largest absolute Gasteiger partial charge is 0.483 e. The lowest BCUT2D eigenvalue weighted by Crippen LogP contribution is -2.47. The van der Waals surface area contributed by atoms with E-state index in [-0.39, 0.29) is 12.5 Å². The van der Waals surface area contributed by atoms with Gasteiger partial charge in [-0.3, -0.25) is 9.59 Å². The van der Waals surface area contributed by atoms with Crippen LogP contribution in [0.5, 0.6) is 5.75 Å². The first-order valence-electron chi connectivity index (χ1n) is 8.89. The van der Waals surface area contributed by atoms with Crippen molar-refractivity contribution in [2.75, 3.05) is 19.7 Å². The highest BCUT2D eigenvalue weighted by atomic mass is 16.5. The normalized spacial score (nSPS) is 19.9. The number of rotatable bonds is 4. The lowest BCUT2D eigenvalue weighted by molar-refractivity contribution is -0.119. The molecule has 0 aromatic heterocycles. The highest BCUT2D eigenvalue weighted by molar-refractivity contribution is 5.97. The van der Waals surface area contributed by atoms with Crippen molar-refractivity contribution in [2.45, 2.75) is 44.9 Å². The predicted octanol–water partition coefficient (Wildman–Crippen LogP) is 2.74. The molecule has 1 aliphatic heterocycles. The average Bonchev–Trinajstić information content (AvgIpc) is 2.60. The second-order valence-corrected chi connectivity index (χ2v) is 7.14. The van der Waals surface area contributed by atoms with E-state index in [1.165, 1.54) is 38.5 Å². The standard InChI is InChI=1S/C19H26N2O3/c20-17(22)13-24-16-8-3-2-7-15(16)18(23)21-12-6-11-19(14-21)9-4-1-5-10-19/h2-3,7-8H,1,4-6,9-14H2,(H2,20,22). The summed E-state index contributed by atoms with van der Waals surface area (Å²) in [5.41, 5.74) is 5.98. The molecule has 2 aliphatic rings. The van der Waals surface area contributed by atoms with E-state index in [4.69, 9.17) is 10.5 Å². The van der Waals surface area contributed by atoms with E-state index in [1.807, 2.05) is 11.0 Å². The van der Waals surface area contributed by atoms with Gasteiger partial charge in [0.25, 0.3) is 11.8 Å². The van der Waals surface area contributed by atoms with Crippen molar-refractivity contribution < 1.29 is 14.3 Å². The SMILES string of the molecule is NC(=O)COc1ccccc1C(=O)N1CCCC2(CCCCC2)C1. The summed E-state index contributed by atoms with van der Waals surface area (Å²) >= 11 is 0. The number of nitrogens with zero attached hydrogens (tertiary/aromatic N) is 1. The van der Waals surface area contributed by atoms with Gasteiger partial charge in [0, 0.05) is 13.1 Å². The Morgan fingerprint density at radius 1 is 1.08 bits per heavy atom. The van der Waals surface area contributed by atoms with Crippen molar-refractivity contribution in [1.82, 2.24) is 4.90 Å². The summed E-state index contributed by atoms with van der Waals surface area (Å²) in [5.74, 6) is -0.110. The first-order chi connectivity index (χ1) is 11.6. The van der Waals surface area contributed by atoms with Crippen LogP contribution in [0.4, 0.5) is 0 Å². The third kappa shape index (κ3) is 3.71. The molecule has 1 heterocycles. The smallest absolute Gasteiger partial charge is 0.257 e. The second kappa shape index (κ2) is 7.24. The Bertz CT molecular complexity index is 603. The van der Waals surface area contributed by atoms with Crippen LogP contribution in [0.15, 0.2) is 24.3 Å². The van der Waals surface area contributed by atoms with Crippen molar-refractivity contribution in [1.29, 1.82) is 0 Å². The summed E-state index contributed by atoms with van der Waals surface area (Å²) in [7, 11) is 0. The predicted molar refractivity (Wildman–Crippen MR) is 91.8 cm³/mol. The lowest BCUT2D eigenvalue weighted by Gasteiger charge is -2.45. The van der Waals surface area contributed by atoms with Gasteiger partial charge in [-0.1, -0.05) is 31.4 Å². The maximum atomic E-state index is 13.0. The van der Waals surface area contributed by atoms with E-state index < -0.39 is 5.91 Å². The van der Waals surface area contributed by atoms with E-state index in [2.05, 4.69) is 0 Å². The van der Waals surface area contributed by atoms with Gasteiger partial charge < -0.3 is 15.4 Å². The fraction of sp³-hybridized carbons (Fsp3) is 0.579. The molecule has 1 spiro atoms. The summed E-state index contributed by atoms with van der Waals surface area (Å²) in [6.45, 7) is 1.43. The fourth-order valence-electron chi connectivity index (χ4n) is 4.18. The number of hydrogen-bond acceptors (Lipinski definition) is 3. The lowest BCUT2D eigenvalue weighted by atomic mass is 9.69. The Hall–Kier alpha value is -2.04. The molecule has 1 saturated carbocycles. The Kier molecular flexibility index (Phi) is 5.07. The van der Waals surface area contributed by atoms with E-state index in [0.717, 1.165) is 19.5 Å². The van der Waals surface area contributed by atoms with Crippen LogP contribution >= 0.6 is 0 Å². The van der Waals surface area contributed by atoms with Crippen molar-refractivity contribution in [2.24, 2.45) is 11.1 Å². The minimum Gasteiger partial charge on any atom is -0.483 e. The topological polar surface area (TPSA) is 72.6 Å². The Balaban J connectivity index is 1.75. The molecular weight excluding hydrogens is 304 g/mol. The maximum absolute atomic E-state index is 13.0. The average molecular weight is 330 g/mol. The van der Waals surface area contributed by atoms with Crippen molar-refractivity contribution in [3.63, 3.8) is 0 Å². The molecule has 130 valence electrons. The molecular formula is C19H26N2O3. The highest BCUT2D eigenvalue weighted by Gasteiger charge is 2.38. The van der Waals surface area contributed by atoms with Gasteiger partial charge in [-0.2, -0.15) is 0 Å². The van der Waals surface area contributed by atoms with Crippen molar-refractivity contribution in [3.8, 4) is 5.75 Å². The van der Waals surface area contributed by atoms with Crippen molar-refractivity contribution in [3.05, 3.63) is 29.8 Å². The van der Waals surface area contributed by atoms with Gasteiger partial charge in [-0.25, -0.2) is 0 Å². The monoisotopic (exact) mass is 330 g/mol. The summed E-state index contributed by atoms with van der Waals surface area (Å²) < 4.78 is 5.43. The zero-order valence-corrected chi connectivity index (χ0v) is 14.1. The first kappa shape index (κ1) is 16.8. The minimum absolute atomic E-state index is 0.000260. The van der Waals surface area contributed by atoms with Gasteiger partial charge in [0.05, 0.1) is 5.56 Å². The molecule has 24 heavy (non-hydrogen) atoms. The molecule has 2 amide bonds. The third-order valence-electron chi connectivity index (χ3n) is 5.35. The van der Waals surface area contributed by atoms with Crippen LogP contribution < -0.4 is 10.5 Å². The summed E-state index contributed by atoms with van der Waals surface area (Å²) in [5, 5.41) is 0. The number of likely N-dealkylation sites (tertiary alicyclic amines) is 1. The molecule has 0 bridgehead atoms. The van der Waals surface area contributed by atoms with Crippen LogP contribution in [0.3, 0.4) is 0 Å². The fourth-order valence-corrected chi connectivity index (χ4v) is 4.18. The molecule has 1 saturated heterocycles. The number of primary amides is 1. The quantitative estimate of drug-likeness (QED) is 0.922. The Morgan fingerprint density at radius 2 is 1.79 bits per heavy atom. The number of nitrogens with two attached hydrogens (primary N) is 1. The maximum Gasteiger partial charge on any atom is 0.257 e. The van der Waals surface area contributed by atoms with Gasteiger partial charge >= 0.3 is 0 Å². The molecule has 2 fully saturated rings. The number of hydrogen-bond donors (Lipinski definition) is 1. The molecule has 0 unspecified atom stereocenters. The van der Waals surface area contributed by atoms with Crippen LogP contribution in [0.1, 0.15) is 55.3 Å². The zero-order chi connectivity index (χ0) is 17.0. The van der Waals surface area contributed by atoms with E-state index in [0.29, 0.717) is 16.7 Å². The Morgan fingerprint density at radius 3 is 2.54 bits per heavy atom. The summed E-state index contributed by atoms with van der Waals surface area (Å²) in [6.07, 6.45) is 8.64. The van der Waals surface area contributed by atoms with E-state index in [9.17, 15) is 9.59 Å². The number of amides is 2. The molecule has 1 aliphatic carbocycles. The molecule has 3 rings (SSSR count). The number of carbonyl (C=O) groups excluding carboxylic acids is 2. The molecule has 5 heteroatoms. The van der Waals surface area contributed by atoms with Crippen molar-refractivity contribution >= 4 is 11.8 Å². The van der Waals surface area contributed by atoms with E-state index in [1.54, 1.807) is 18.2 Å². The molecule has 0 atom stereocenters. The molecule has 5 nitrogen and oxygen atoms in total. The minimum atomic E-state index is -0.545.